The molecule has 0 saturated carbocycles. The molecule has 0 aromatic heterocycles. The molecule has 0 fully saturated rings. The van der Waals surface area contributed by atoms with Crippen molar-refractivity contribution in [3.63, 3.8) is 0 Å². The number of benzene rings is 1. The molecule has 15 heavy (non-hydrogen) atoms. The Morgan fingerprint density at radius 3 is 2.67 bits per heavy atom. The number of hydrogen-bond donors (Lipinski definition) is 0. The molecule has 0 radical (unpaired) electrons. The Labute approximate surface area is 92.9 Å². The van der Waals surface area contributed by atoms with Crippen LogP contribution < -0.4 is 9.47 Å². The number of carbonyl (C=O) groups is 1. The monoisotopic (exact) mass is 226 g/mol. The van der Waals surface area contributed by atoms with Gasteiger partial charge in [0, 0.05) is 19.4 Å². The maximum absolute atomic E-state index is 11.3. The highest BCUT2D eigenvalue weighted by Gasteiger charge is 2.31. The lowest BCUT2D eigenvalue weighted by atomic mass is 10.1. The van der Waals surface area contributed by atoms with Crippen LogP contribution in [0.25, 0.3) is 0 Å². The van der Waals surface area contributed by atoms with Gasteiger partial charge < -0.3 is 9.47 Å². The average molecular weight is 227 g/mol. The van der Waals surface area contributed by atoms with E-state index in [2.05, 4.69) is 0 Å². The van der Waals surface area contributed by atoms with Crippen LogP contribution in [0.5, 0.6) is 11.5 Å². The third kappa shape index (κ3) is 1.92. The second-order valence-electron chi connectivity index (χ2n) is 3.82. The maximum Gasteiger partial charge on any atom is 0.246 e. The normalized spacial score (nSPS) is 16.5. The van der Waals surface area contributed by atoms with Crippen LogP contribution in [-0.2, 0) is 0 Å². The topological polar surface area (TPSA) is 35.5 Å². The number of rotatable bonds is 2. The van der Waals surface area contributed by atoms with Gasteiger partial charge >= 0.3 is 0 Å². The Morgan fingerprint density at radius 1 is 1.33 bits per heavy atom. The van der Waals surface area contributed by atoms with Gasteiger partial charge in [-0.3, -0.25) is 4.79 Å². The highest BCUT2D eigenvalue weighted by Crippen LogP contribution is 2.39. The number of Topliss-reactive ketones (excluding diaryl/α,β-unsaturated/α-hetero) is 1. The summed E-state index contributed by atoms with van der Waals surface area (Å²) in [7, 11) is 0. The summed E-state index contributed by atoms with van der Waals surface area (Å²) >= 11 is 5.47. The second-order valence-corrected chi connectivity index (χ2v) is 4.09. The second kappa shape index (κ2) is 3.42. The number of carbonyl (C=O) groups excluding carboxylic acids is 1. The van der Waals surface area contributed by atoms with E-state index in [1.807, 2.05) is 13.8 Å². The van der Waals surface area contributed by atoms with Gasteiger partial charge in [-0.15, -0.1) is 11.6 Å². The number of alkyl halides is 1. The largest absolute Gasteiger partial charge is 0.449 e. The Morgan fingerprint density at radius 2 is 2.00 bits per heavy atom. The first-order valence-corrected chi connectivity index (χ1v) is 5.16. The van der Waals surface area contributed by atoms with Crippen molar-refractivity contribution in [3.05, 3.63) is 23.8 Å². The molecule has 0 amide bonds. The van der Waals surface area contributed by atoms with E-state index in [9.17, 15) is 4.79 Å². The molecule has 0 spiro atoms. The van der Waals surface area contributed by atoms with E-state index in [1.165, 1.54) is 0 Å². The first kappa shape index (κ1) is 10.3. The van der Waals surface area contributed by atoms with Crippen molar-refractivity contribution >= 4 is 17.4 Å². The van der Waals surface area contributed by atoms with E-state index >= 15 is 0 Å². The minimum absolute atomic E-state index is 0.0248. The van der Waals surface area contributed by atoms with E-state index in [-0.39, 0.29) is 11.7 Å². The molecule has 0 aliphatic carbocycles. The summed E-state index contributed by atoms with van der Waals surface area (Å²) in [6.07, 6.45) is 0. The van der Waals surface area contributed by atoms with Crippen LogP contribution in [0.1, 0.15) is 24.2 Å². The molecule has 0 unspecified atom stereocenters. The predicted molar refractivity (Wildman–Crippen MR) is 56.8 cm³/mol. The molecule has 1 aromatic rings. The molecular formula is C11H11ClO3. The van der Waals surface area contributed by atoms with Gasteiger partial charge in [-0.2, -0.15) is 0 Å². The number of ketones is 1. The minimum atomic E-state index is -0.662. The molecule has 80 valence electrons. The fraction of sp³-hybridized carbons (Fsp3) is 0.364. The lowest BCUT2D eigenvalue weighted by molar-refractivity contribution is -0.0431. The van der Waals surface area contributed by atoms with Gasteiger partial charge in [0.1, 0.15) is 0 Å². The Kier molecular flexibility index (Phi) is 2.35. The minimum Gasteiger partial charge on any atom is -0.449 e. The van der Waals surface area contributed by atoms with E-state index in [0.717, 1.165) is 0 Å². The first-order valence-electron chi connectivity index (χ1n) is 4.63. The van der Waals surface area contributed by atoms with E-state index < -0.39 is 5.79 Å². The molecule has 0 saturated heterocycles. The third-order valence-corrected chi connectivity index (χ3v) is 2.34. The van der Waals surface area contributed by atoms with Gasteiger partial charge in [-0.25, -0.2) is 0 Å². The summed E-state index contributed by atoms with van der Waals surface area (Å²) in [6.45, 7) is 3.63. The van der Waals surface area contributed by atoms with Crippen molar-refractivity contribution in [3.8, 4) is 11.5 Å². The molecule has 1 heterocycles. The number of fused-ring (bicyclic) bond motifs is 1. The number of hydrogen-bond acceptors (Lipinski definition) is 3. The van der Waals surface area contributed by atoms with Crippen LogP contribution >= 0.6 is 11.6 Å². The fourth-order valence-corrected chi connectivity index (χ4v) is 1.63. The van der Waals surface area contributed by atoms with Gasteiger partial charge in [-0.1, -0.05) is 0 Å². The van der Waals surface area contributed by atoms with Gasteiger partial charge in [0.05, 0.1) is 5.88 Å². The lowest BCUT2D eigenvalue weighted by Gasteiger charge is -2.16. The summed E-state index contributed by atoms with van der Waals surface area (Å²) in [5.41, 5.74) is 0.546. The van der Waals surface area contributed by atoms with Crippen molar-refractivity contribution in [2.45, 2.75) is 19.6 Å². The van der Waals surface area contributed by atoms with Crippen molar-refractivity contribution in [2.24, 2.45) is 0 Å². The van der Waals surface area contributed by atoms with E-state index in [4.69, 9.17) is 21.1 Å². The van der Waals surface area contributed by atoms with Crippen molar-refractivity contribution in [1.29, 1.82) is 0 Å². The van der Waals surface area contributed by atoms with Crippen molar-refractivity contribution in [1.82, 2.24) is 0 Å². The van der Waals surface area contributed by atoms with Gasteiger partial charge in [0.25, 0.3) is 0 Å². The molecule has 0 bridgehead atoms. The highest BCUT2D eigenvalue weighted by atomic mass is 35.5. The molecule has 1 aliphatic heterocycles. The zero-order valence-corrected chi connectivity index (χ0v) is 9.30. The average Bonchev–Trinajstić information content (AvgIpc) is 2.49. The summed E-state index contributed by atoms with van der Waals surface area (Å²) in [5.74, 6) is 0.448. The zero-order chi connectivity index (χ0) is 11.1. The number of ether oxygens (including phenoxy) is 2. The Hall–Kier alpha value is -1.22. The summed E-state index contributed by atoms with van der Waals surface area (Å²) in [6, 6.07) is 5.08. The van der Waals surface area contributed by atoms with Crippen LogP contribution in [0.15, 0.2) is 18.2 Å². The van der Waals surface area contributed by atoms with Crippen LogP contribution in [-0.4, -0.2) is 17.5 Å². The van der Waals surface area contributed by atoms with Crippen LogP contribution in [0.3, 0.4) is 0 Å². The van der Waals surface area contributed by atoms with Crippen LogP contribution in [0.2, 0.25) is 0 Å². The first-order chi connectivity index (χ1) is 7.02. The third-order valence-electron chi connectivity index (χ3n) is 2.10. The summed E-state index contributed by atoms with van der Waals surface area (Å²) in [4.78, 5) is 11.3. The van der Waals surface area contributed by atoms with E-state index in [1.54, 1.807) is 18.2 Å². The van der Waals surface area contributed by atoms with Crippen molar-refractivity contribution < 1.29 is 14.3 Å². The standard InChI is InChI=1S/C11H11ClO3/c1-11(2)14-9-4-3-7(8(13)6-12)5-10(9)15-11/h3-5H,6H2,1-2H3. The molecule has 1 aliphatic rings. The predicted octanol–water partition coefficient (Wildman–Crippen LogP) is 2.62. The molecular weight excluding hydrogens is 216 g/mol. The molecule has 0 atom stereocenters. The summed E-state index contributed by atoms with van der Waals surface area (Å²) in [5, 5.41) is 0. The fourth-order valence-electron chi connectivity index (χ4n) is 1.47. The maximum atomic E-state index is 11.3. The zero-order valence-electron chi connectivity index (χ0n) is 8.54. The van der Waals surface area contributed by atoms with Gasteiger partial charge in [-0.05, 0) is 18.2 Å². The van der Waals surface area contributed by atoms with Gasteiger partial charge in [0.2, 0.25) is 5.79 Å². The SMILES string of the molecule is CC1(C)Oc2ccc(C(=O)CCl)cc2O1. The smallest absolute Gasteiger partial charge is 0.246 e. The molecule has 0 N–H and O–H groups in total. The van der Waals surface area contributed by atoms with Gasteiger partial charge in [0.15, 0.2) is 17.3 Å². The quantitative estimate of drug-likeness (QED) is 0.575. The highest BCUT2D eigenvalue weighted by molar-refractivity contribution is 6.30. The molecule has 4 heteroatoms. The molecule has 1 aromatic carbocycles. The lowest BCUT2D eigenvalue weighted by Crippen LogP contribution is -2.29. The van der Waals surface area contributed by atoms with Crippen molar-refractivity contribution in [2.75, 3.05) is 5.88 Å². The number of halogens is 1. The molecule has 3 nitrogen and oxygen atoms in total. The molecule has 2 rings (SSSR count). The van der Waals surface area contributed by atoms with E-state index in [0.29, 0.717) is 17.1 Å². The Balaban J connectivity index is 2.34. The van der Waals surface area contributed by atoms with Crippen LogP contribution in [0.4, 0.5) is 0 Å². The Bertz CT molecular complexity index is 412. The summed E-state index contributed by atoms with van der Waals surface area (Å²) < 4.78 is 11.0. The van der Waals surface area contributed by atoms with Crippen LogP contribution in [0, 0.1) is 0 Å².